The Kier molecular flexibility index (Phi) is 6.99. The van der Waals surface area contributed by atoms with E-state index in [9.17, 15) is 9.59 Å². The Hall–Kier alpha value is -2.08. The third-order valence-corrected chi connectivity index (χ3v) is 7.99. The molecule has 0 radical (unpaired) electrons. The van der Waals surface area contributed by atoms with Crippen molar-refractivity contribution in [1.29, 1.82) is 0 Å². The Labute approximate surface area is 186 Å². The fourth-order valence-corrected chi connectivity index (χ4v) is 5.40. The average molecular weight is 432 g/mol. The monoisotopic (exact) mass is 431 g/mol. The maximum Gasteiger partial charge on any atom is 0.361 e. The molecule has 0 saturated heterocycles. The number of ether oxygens (including phenoxy) is 2. The van der Waals surface area contributed by atoms with Crippen molar-refractivity contribution < 1.29 is 23.5 Å². The molecule has 0 unspecified atom stereocenters. The predicted octanol–water partition coefficient (Wildman–Crippen LogP) is 3.41. The van der Waals surface area contributed by atoms with Gasteiger partial charge in [0, 0.05) is 6.04 Å². The Balaban J connectivity index is 1.35. The Morgan fingerprint density at radius 3 is 2.45 bits per heavy atom. The van der Waals surface area contributed by atoms with E-state index in [-0.39, 0.29) is 41.9 Å². The van der Waals surface area contributed by atoms with Crippen molar-refractivity contribution in [2.45, 2.75) is 52.5 Å². The highest BCUT2D eigenvalue weighted by atomic mass is 16.6. The second-order valence-electron chi connectivity index (χ2n) is 10.7. The molecule has 2 aliphatic rings. The van der Waals surface area contributed by atoms with E-state index in [1.807, 2.05) is 44.4 Å². The number of benzene rings is 1. The highest BCUT2D eigenvalue weighted by Crippen LogP contribution is 2.65. The van der Waals surface area contributed by atoms with Crippen LogP contribution in [0.2, 0.25) is 0 Å². The number of fused-ring (bicyclic) bond motifs is 2. The zero-order valence-corrected chi connectivity index (χ0v) is 19.8. The Morgan fingerprint density at radius 2 is 1.84 bits per heavy atom. The van der Waals surface area contributed by atoms with Crippen molar-refractivity contribution in [2.24, 2.45) is 16.7 Å². The van der Waals surface area contributed by atoms with Gasteiger partial charge in [0.2, 0.25) is 5.91 Å². The van der Waals surface area contributed by atoms with Gasteiger partial charge in [-0.3, -0.25) is 4.79 Å². The molecule has 2 saturated carbocycles. The fraction of sp³-hybridized carbons (Fsp3) is 0.680. The summed E-state index contributed by atoms with van der Waals surface area (Å²) in [6.45, 7) is 8.41. The van der Waals surface area contributed by atoms with E-state index in [0.29, 0.717) is 30.0 Å². The van der Waals surface area contributed by atoms with E-state index >= 15 is 0 Å². The summed E-state index contributed by atoms with van der Waals surface area (Å²) in [5.41, 5.74) is 0.470. The lowest BCUT2D eigenvalue weighted by molar-refractivity contribution is -0.882. The average Bonchev–Trinajstić information content (AvgIpc) is 3.04. The van der Waals surface area contributed by atoms with Crippen LogP contribution in [0.3, 0.4) is 0 Å². The summed E-state index contributed by atoms with van der Waals surface area (Å²) in [5.74, 6) is 1.28. The van der Waals surface area contributed by atoms with Crippen LogP contribution >= 0.6 is 0 Å². The normalized spacial score (nSPS) is 26.5. The van der Waals surface area contributed by atoms with Crippen molar-refractivity contribution in [2.75, 3.05) is 40.4 Å². The number of carbonyl (C=O) groups is 2. The summed E-state index contributed by atoms with van der Waals surface area (Å²) in [6, 6.07) is 9.72. The molecule has 6 heteroatoms. The molecule has 3 rings (SSSR count). The van der Waals surface area contributed by atoms with Crippen molar-refractivity contribution in [3.05, 3.63) is 30.3 Å². The molecule has 1 amide bonds. The molecule has 1 N–H and O–H groups in total. The van der Waals surface area contributed by atoms with Gasteiger partial charge in [-0.05, 0) is 48.1 Å². The van der Waals surface area contributed by atoms with Gasteiger partial charge in [0.05, 0.1) is 27.1 Å². The fourth-order valence-electron chi connectivity index (χ4n) is 5.40. The van der Waals surface area contributed by atoms with E-state index in [1.54, 1.807) is 0 Å². The Morgan fingerprint density at radius 1 is 1.13 bits per heavy atom. The number of esters is 1. The molecule has 3 atom stereocenters. The number of hydrogen-bond acceptors (Lipinski definition) is 4. The second-order valence-corrected chi connectivity index (χ2v) is 10.7. The van der Waals surface area contributed by atoms with Crippen LogP contribution in [0, 0.1) is 16.7 Å². The van der Waals surface area contributed by atoms with Gasteiger partial charge < -0.3 is 19.3 Å². The van der Waals surface area contributed by atoms with E-state index < -0.39 is 0 Å². The van der Waals surface area contributed by atoms with E-state index in [0.717, 1.165) is 12.2 Å². The number of nitrogens with zero attached hydrogens (tertiary/aromatic N) is 1. The zero-order chi connectivity index (χ0) is 22.7. The smallest absolute Gasteiger partial charge is 0.361 e. The van der Waals surface area contributed by atoms with Crippen LogP contribution in [0.1, 0.15) is 46.5 Å². The zero-order valence-electron chi connectivity index (χ0n) is 19.8. The van der Waals surface area contributed by atoms with Crippen LogP contribution in [0.4, 0.5) is 0 Å². The first-order valence-corrected chi connectivity index (χ1v) is 11.5. The quantitative estimate of drug-likeness (QED) is 0.350. The molecule has 0 aliphatic heterocycles. The molecular formula is C25H39N2O4+. The molecule has 0 heterocycles. The number of likely N-dealkylation sites (N-methyl/N-ethyl adjacent to an activating group) is 1. The van der Waals surface area contributed by atoms with Crippen molar-refractivity contribution >= 4 is 11.9 Å². The minimum atomic E-state index is -0.274. The minimum absolute atomic E-state index is 0.0883. The number of carbonyl (C=O) groups excluding carboxylic acids is 2. The summed E-state index contributed by atoms with van der Waals surface area (Å²) in [4.78, 5) is 24.9. The molecule has 2 bridgehead atoms. The van der Waals surface area contributed by atoms with Gasteiger partial charge in [0.15, 0.2) is 6.54 Å². The number of hydrogen-bond donors (Lipinski definition) is 1. The third kappa shape index (κ3) is 5.40. The van der Waals surface area contributed by atoms with Gasteiger partial charge in [-0.15, -0.1) is 0 Å². The molecular weight excluding hydrogens is 392 g/mol. The SMILES string of the molecule is CC1(C)[C@H]2CC[C@]1(C)[C@H](NC(=O)CC[N+](C)(C)CC(=O)OCCOc1ccccc1)C2. The summed E-state index contributed by atoms with van der Waals surface area (Å²) in [7, 11) is 3.91. The lowest BCUT2D eigenvalue weighted by Crippen LogP contribution is -2.49. The first kappa shape index (κ1) is 23.6. The van der Waals surface area contributed by atoms with Gasteiger partial charge in [-0.2, -0.15) is 0 Å². The minimum Gasteiger partial charge on any atom is -0.490 e. The van der Waals surface area contributed by atoms with Gasteiger partial charge in [-0.1, -0.05) is 39.0 Å². The summed E-state index contributed by atoms with van der Waals surface area (Å²) in [6.07, 6.45) is 3.97. The first-order valence-electron chi connectivity index (χ1n) is 11.5. The molecule has 1 aromatic rings. The van der Waals surface area contributed by atoms with Crippen LogP contribution < -0.4 is 10.1 Å². The summed E-state index contributed by atoms with van der Waals surface area (Å²) in [5, 5.41) is 3.31. The highest BCUT2D eigenvalue weighted by molar-refractivity contribution is 5.76. The lowest BCUT2D eigenvalue weighted by Gasteiger charge is -2.39. The van der Waals surface area contributed by atoms with Gasteiger partial charge in [0.25, 0.3) is 0 Å². The van der Waals surface area contributed by atoms with Crippen LogP contribution in [0.5, 0.6) is 5.75 Å². The standard InChI is InChI=1S/C25H38N2O4/c1-24(2)19-11-13-25(24,3)21(17-19)26-22(28)12-14-27(4,5)18-23(29)31-16-15-30-20-9-7-6-8-10-20/h6-10,19,21H,11-18H2,1-5H3/p+1/t19-,21+,25+/m0/s1. The van der Waals surface area contributed by atoms with Crippen LogP contribution in [0.25, 0.3) is 0 Å². The highest BCUT2D eigenvalue weighted by Gasteiger charge is 2.61. The number of para-hydroxylation sites is 1. The van der Waals surface area contributed by atoms with Crippen molar-refractivity contribution in [3.8, 4) is 5.75 Å². The molecule has 2 aliphatic carbocycles. The largest absolute Gasteiger partial charge is 0.490 e. The summed E-state index contributed by atoms with van der Waals surface area (Å²) < 4.78 is 11.3. The van der Waals surface area contributed by atoms with Crippen LogP contribution in [0.15, 0.2) is 30.3 Å². The number of amides is 1. The van der Waals surface area contributed by atoms with Gasteiger partial charge in [0.1, 0.15) is 19.0 Å². The topological polar surface area (TPSA) is 64.6 Å². The third-order valence-electron chi connectivity index (χ3n) is 7.99. The number of rotatable bonds is 10. The van der Waals surface area contributed by atoms with E-state index in [4.69, 9.17) is 9.47 Å². The molecule has 0 aromatic heterocycles. The molecule has 172 valence electrons. The van der Waals surface area contributed by atoms with Crippen molar-refractivity contribution in [3.63, 3.8) is 0 Å². The van der Waals surface area contributed by atoms with Gasteiger partial charge >= 0.3 is 5.97 Å². The van der Waals surface area contributed by atoms with Crippen LogP contribution in [-0.2, 0) is 14.3 Å². The summed E-state index contributed by atoms with van der Waals surface area (Å²) >= 11 is 0. The molecule has 2 fully saturated rings. The maximum atomic E-state index is 12.7. The lowest BCUT2D eigenvalue weighted by atomic mass is 9.69. The molecule has 1 aromatic carbocycles. The number of quaternary nitrogens is 1. The first-order chi connectivity index (χ1) is 14.5. The second kappa shape index (κ2) is 9.19. The Bertz CT molecular complexity index is 777. The van der Waals surface area contributed by atoms with Crippen LogP contribution in [-0.4, -0.2) is 62.8 Å². The maximum absolute atomic E-state index is 12.7. The van der Waals surface area contributed by atoms with Crippen molar-refractivity contribution in [1.82, 2.24) is 5.32 Å². The molecule has 6 nitrogen and oxygen atoms in total. The molecule has 0 spiro atoms. The molecule has 31 heavy (non-hydrogen) atoms. The van der Waals surface area contributed by atoms with E-state index in [2.05, 4.69) is 26.1 Å². The van der Waals surface area contributed by atoms with E-state index in [1.165, 1.54) is 12.8 Å². The number of nitrogens with one attached hydrogen (secondary N) is 1. The van der Waals surface area contributed by atoms with Gasteiger partial charge in [-0.25, -0.2) is 4.79 Å². The predicted molar refractivity (Wildman–Crippen MR) is 121 cm³/mol.